The number of benzene rings is 1. The monoisotopic (exact) mass is 394 g/mol. The molecule has 8 heteroatoms. The summed E-state index contributed by atoms with van der Waals surface area (Å²) in [4.78, 5) is 14.8. The largest absolute Gasteiger partial charge is 0.496 e. The lowest BCUT2D eigenvalue weighted by atomic mass is 10.0. The summed E-state index contributed by atoms with van der Waals surface area (Å²) >= 11 is 0. The maximum atomic E-state index is 12.6. The maximum absolute atomic E-state index is 12.6. The maximum Gasteiger partial charge on any atom is 0.234 e. The summed E-state index contributed by atoms with van der Waals surface area (Å²) in [5.74, 6) is 1.78. The Kier molecular flexibility index (Phi) is 7.36. The van der Waals surface area contributed by atoms with Gasteiger partial charge in [-0.25, -0.2) is 0 Å². The van der Waals surface area contributed by atoms with E-state index in [1.165, 1.54) is 0 Å². The molecule has 156 valence electrons. The molecule has 1 aromatic carbocycles. The zero-order valence-corrected chi connectivity index (χ0v) is 16.9. The van der Waals surface area contributed by atoms with Crippen molar-refractivity contribution >= 4 is 5.91 Å². The molecular formula is C20H30N2O6. The van der Waals surface area contributed by atoms with Crippen molar-refractivity contribution in [1.29, 1.82) is 0 Å². The second-order valence-electron chi connectivity index (χ2n) is 6.94. The highest BCUT2D eigenvalue weighted by Gasteiger charge is 2.34. The zero-order chi connectivity index (χ0) is 19.9. The van der Waals surface area contributed by atoms with Crippen molar-refractivity contribution in [3.8, 4) is 17.2 Å². The minimum absolute atomic E-state index is 0.0401. The highest BCUT2D eigenvalue weighted by molar-refractivity contribution is 5.78. The Morgan fingerprint density at radius 3 is 2.43 bits per heavy atom. The molecule has 1 aromatic rings. The summed E-state index contributed by atoms with van der Waals surface area (Å²) in [7, 11) is 4.74. The summed E-state index contributed by atoms with van der Waals surface area (Å²) in [5, 5.41) is 2.98. The van der Waals surface area contributed by atoms with Gasteiger partial charge in [-0.15, -0.1) is 0 Å². The Morgan fingerprint density at radius 2 is 1.75 bits per heavy atom. The molecule has 1 amide bonds. The predicted octanol–water partition coefficient (Wildman–Crippen LogP) is 1.56. The SMILES string of the molecule is COc1cc(OC)c(OC)cc1CNC(=O)CN1CCCCC1C1OCCO1. The van der Waals surface area contributed by atoms with Gasteiger partial charge >= 0.3 is 0 Å². The second-order valence-corrected chi connectivity index (χ2v) is 6.94. The third kappa shape index (κ3) is 4.87. The number of hydrogen-bond donors (Lipinski definition) is 1. The van der Waals surface area contributed by atoms with E-state index in [0.29, 0.717) is 43.6 Å². The molecule has 2 heterocycles. The predicted molar refractivity (Wildman–Crippen MR) is 103 cm³/mol. The molecule has 28 heavy (non-hydrogen) atoms. The number of piperidine rings is 1. The van der Waals surface area contributed by atoms with E-state index in [4.69, 9.17) is 23.7 Å². The molecule has 0 spiro atoms. The molecule has 1 atom stereocenters. The van der Waals surface area contributed by atoms with Gasteiger partial charge in [0.2, 0.25) is 5.91 Å². The van der Waals surface area contributed by atoms with E-state index in [9.17, 15) is 4.79 Å². The fourth-order valence-corrected chi connectivity index (χ4v) is 3.78. The number of nitrogens with zero attached hydrogens (tertiary/aromatic N) is 1. The summed E-state index contributed by atoms with van der Waals surface area (Å²) in [6.07, 6.45) is 2.98. The summed E-state index contributed by atoms with van der Waals surface area (Å²) in [5.41, 5.74) is 0.825. The third-order valence-electron chi connectivity index (χ3n) is 5.24. The van der Waals surface area contributed by atoms with Gasteiger partial charge in [0.25, 0.3) is 0 Å². The van der Waals surface area contributed by atoms with Crippen LogP contribution in [-0.2, 0) is 20.8 Å². The number of carbonyl (C=O) groups is 1. The lowest BCUT2D eigenvalue weighted by Crippen LogP contribution is -2.50. The summed E-state index contributed by atoms with van der Waals surface area (Å²) < 4.78 is 27.4. The molecule has 3 rings (SSSR count). The van der Waals surface area contributed by atoms with Crippen LogP contribution in [0.4, 0.5) is 0 Å². The first kappa shape index (κ1) is 20.7. The number of carbonyl (C=O) groups excluding carboxylic acids is 1. The van der Waals surface area contributed by atoms with Crippen LogP contribution in [0.25, 0.3) is 0 Å². The number of ether oxygens (including phenoxy) is 5. The lowest BCUT2D eigenvalue weighted by Gasteiger charge is -2.37. The highest BCUT2D eigenvalue weighted by Crippen LogP contribution is 2.34. The Labute approximate surface area is 166 Å². The fourth-order valence-electron chi connectivity index (χ4n) is 3.78. The van der Waals surface area contributed by atoms with Gasteiger partial charge in [-0.05, 0) is 25.5 Å². The average Bonchev–Trinajstić information content (AvgIpc) is 3.26. The van der Waals surface area contributed by atoms with Gasteiger partial charge in [0.15, 0.2) is 17.8 Å². The smallest absolute Gasteiger partial charge is 0.234 e. The van der Waals surface area contributed by atoms with E-state index in [-0.39, 0.29) is 18.2 Å². The van der Waals surface area contributed by atoms with Crippen molar-refractivity contribution < 1.29 is 28.5 Å². The molecule has 2 fully saturated rings. The minimum atomic E-state index is -0.223. The molecule has 8 nitrogen and oxygen atoms in total. The zero-order valence-electron chi connectivity index (χ0n) is 16.9. The Bertz CT molecular complexity index is 662. The molecule has 0 radical (unpaired) electrons. The van der Waals surface area contributed by atoms with Gasteiger partial charge in [0.1, 0.15) is 5.75 Å². The van der Waals surface area contributed by atoms with Crippen LogP contribution in [-0.4, -0.2) is 70.8 Å². The normalized spacial score (nSPS) is 20.8. The van der Waals surface area contributed by atoms with Crippen molar-refractivity contribution in [2.45, 2.75) is 38.1 Å². The number of likely N-dealkylation sites (tertiary alicyclic amines) is 1. The van der Waals surface area contributed by atoms with Crippen molar-refractivity contribution in [3.05, 3.63) is 17.7 Å². The van der Waals surface area contributed by atoms with E-state index in [2.05, 4.69) is 10.2 Å². The molecular weight excluding hydrogens is 364 g/mol. The molecule has 1 unspecified atom stereocenters. The van der Waals surface area contributed by atoms with Gasteiger partial charge < -0.3 is 29.0 Å². The van der Waals surface area contributed by atoms with Crippen LogP contribution in [0.2, 0.25) is 0 Å². The Hall–Kier alpha value is -2.03. The van der Waals surface area contributed by atoms with Crippen LogP contribution in [0.1, 0.15) is 24.8 Å². The van der Waals surface area contributed by atoms with Crippen molar-refractivity contribution in [3.63, 3.8) is 0 Å². The molecule has 2 aliphatic rings. The molecule has 2 aliphatic heterocycles. The highest BCUT2D eigenvalue weighted by atomic mass is 16.7. The van der Waals surface area contributed by atoms with Gasteiger partial charge in [-0.1, -0.05) is 6.42 Å². The molecule has 0 bridgehead atoms. The van der Waals surface area contributed by atoms with Gasteiger partial charge in [-0.3, -0.25) is 9.69 Å². The van der Waals surface area contributed by atoms with Crippen molar-refractivity contribution in [1.82, 2.24) is 10.2 Å². The fraction of sp³-hybridized carbons (Fsp3) is 0.650. The van der Waals surface area contributed by atoms with E-state index >= 15 is 0 Å². The molecule has 0 aliphatic carbocycles. The summed E-state index contributed by atoms with van der Waals surface area (Å²) in [6, 6.07) is 3.72. The van der Waals surface area contributed by atoms with E-state index in [1.807, 2.05) is 6.07 Å². The lowest BCUT2D eigenvalue weighted by molar-refractivity contribution is -0.131. The molecule has 2 saturated heterocycles. The standard InChI is InChI=1S/C20H30N2O6/c1-24-16-11-18(26-3)17(25-2)10-14(16)12-21-19(23)13-22-7-5-4-6-15(22)20-27-8-9-28-20/h10-11,15,20H,4-9,12-13H2,1-3H3,(H,21,23). The number of hydrogen-bond acceptors (Lipinski definition) is 7. The summed E-state index contributed by atoms with van der Waals surface area (Å²) in [6.45, 7) is 2.79. The first-order valence-electron chi connectivity index (χ1n) is 9.69. The Balaban J connectivity index is 1.60. The first-order chi connectivity index (χ1) is 13.7. The first-order valence-corrected chi connectivity index (χ1v) is 9.69. The van der Waals surface area contributed by atoms with Crippen LogP contribution in [0.3, 0.4) is 0 Å². The van der Waals surface area contributed by atoms with Crippen LogP contribution >= 0.6 is 0 Å². The average molecular weight is 394 g/mol. The molecule has 0 aromatic heterocycles. The molecule has 0 saturated carbocycles. The van der Waals surface area contributed by atoms with Crippen LogP contribution < -0.4 is 19.5 Å². The number of methoxy groups -OCH3 is 3. The quantitative estimate of drug-likeness (QED) is 0.717. The van der Waals surface area contributed by atoms with Crippen molar-refractivity contribution in [2.75, 3.05) is 47.6 Å². The molecule has 1 N–H and O–H groups in total. The van der Waals surface area contributed by atoms with Gasteiger partial charge in [-0.2, -0.15) is 0 Å². The number of rotatable bonds is 8. The van der Waals surface area contributed by atoms with Gasteiger partial charge in [0.05, 0.1) is 47.1 Å². The van der Waals surface area contributed by atoms with Crippen LogP contribution in [0.5, 0.6) is 17.2 Å². The number of amides is 1. The van der Waals surface area contributed by atoms with Gasteiger partial charge in [0, 0.05) is 18.2 Å². The van der Waals surface area contributed by atoms with Crippen LogP contribution in [0, 0.1) is 0 Å². The minimum Gasteiger partial charge on any atom is -0.496 e. The van der Waals surface area contributed by atoms with E-state index in [0.717, 1.165) is 31.4 Å². The van der Waals surface area contributed by atoms with E-state index in [1.54, 1.807) is 27.4 Å². The number of nitrogens with one attached hydrogen (secondary N) is 1. The van der Waals surface area contributed by atoms with Crippen LogP contribution in [0.15, 0.2) is 12.1 Å². The Morgan fingerprint density at radius 1 is 1.07 bits per heavy atom. The second kappa shape index (κ2) is 9.95. The van der Waals surface area contributed by atoms with E-state index < -0.39 is 0 Å². The topological polar surface area (TPSA) is 78.5 Å². The van der Waals surface area contributed by atoms with Crippen molar-refractivity contribution in [2.24, 2.45) is 0 Å². The third-order valence-corrected chi connectivity index (χ3v) is 5.24.